The van der Waals surface area contributed by atoms with Gasteiger partial charge in [-0.2, -0.15) is 0 Å². The monoisotopic (exact) mass is 421 g/mol. The lowest BCUT2D eigenvalue weighted by atomic mass is 10.2. The predicted octanol–water partition coefficient (Wildman–Crippen LogP) is 2.92. The summed E-state index contributed by atoms with van der Waals surface area (Å²) in [4.78, 5) is 42.1. The fourth-order valence-electron chi connectivity index (χ4n) is 4.08. The summed E-state index contributed by atoms with van der Waals surface area (Å²) in [5.41, 5.74) is 2.01. The van der Waals surface area contributed by atoms with Crippen molar-refractivity contribution >= 4 is 28.5 Å². The highest BCUT2D eigenvalue weighted by molar-refractivity contribution is 5.95. The van der Waals surface area contributed by atoms with Gasteiger partial charge in [-0.05, 0) is 49.6 Å². The smallest absolute Gasteiger partial charge is 0.263 e. The molecule has 2 N–H and O–H groups in total. The molecule has 0 aliphatic heterocycles. The van der Waals surface area contributed by atoms with E-state index >= 15 is 0 Å². The van der Waals surface area contributed by atoms with E-state index in [-0.39, 0.29) is 30.0 Å². The summed E-state index contributed by atoms with van der Waals surface area (Å²) in [5.74, 6) is -0.720. The van der Waals surface area contributed by atoms with Crippen molar-refractivity contribution in [3.8, 4) is 0 Å². The summed E-state index contributed by atoms with van der Waals surface area (Å²) in [7, 11) is 0. The number of nitrogens with one attached hydrogen (secondary N) is 2. The Labute approximate surface area is 180 Å². The maximum atomic E-state index is 12.7. The molecular weight excluding hydrogens is 394 g/mol. The fourth-order valence-corrected chi connectivity index (χ4v) is 4.08. The molecule has 1 aromatic carbocycles. The number of fused-ring (bicyclic) bond motifs is 1. The van der Waals surface area contributed by atoms with E-state index < -0.39 is 5.56 Å². The molecule has 8 nitrogen and oxygen atoms in total. The Morgan fingerprint density at radius 1 is 1.16 bits per heavy atom. The molecule has 31 heavy (non-hydrogen) atoms. The third kappa shape index (κ3) is 4.68. The summed E-state index contributed by atoms with van der Waals surface area (Å²) in [6, 6.07) is 8.80. The van der Waals surface area contributed by atoms with Crippen molar-refractivity contribution in [3.05, 3.63) is 58.8 Å². The van der Waals surface area contributed by atoms with Crippen LogP contribution < -0.4 is 16.2 Å². The average molecular weight is 422 g/mol. The molecule has 0 atom stereocenters. The van der Waals surface area contributed by atoms with Crippen LogP contribution in [0.5, 0.6) is 0 Å². The van der Waals surface area contributed by atoms with Crippen molar-refractivity contribution < 1.29 is 9.59 Å². The Hall–Kier alpha value is -3.42. The number of aryl methyl sites for hydroxylation is 1. The number of hydrogen-bond donors (Lipinski definition) is 2. The van der Waals surface area contributed by atoms with Crippen molar-refractivity contribution in [3.63, 3.8) is 0 Å². The first-order valence-electron chi connectivity index (χ1n) is 10.8. The minimum Gasteiger partial charge on any atom is -0.349 e. The van der Waals surface area contributed by atoms with E-state index in [1.54, 1.807) is 12.4 Å². The van der Waals surface area contributed by atoms with Crippen LogP contribution in [-0.4, -0.2) is 32.0 Å². The molecule has 2 heterocycles. The van der Waals surface area contributed by atoms with Crippen molar-refractivity contribution in [2.24, 2.45) is 0 Å². The number of carbonyl (C=O) groups is 2. The number of rotatable bonds is 7. The Morgan fingerprint density at radius 3 is 2.74 bits per heavy atom. The number of hydrogen-bond acceptors (Lipinski definition) is 4. The highest BCUT2D eigenvalue weighted by atomic mass is 16.2. The van der Waals surface area contributed by atoms with Gasteiger partial charge in [0.2, 0.25) is 5.91 Å². The lowest BCUT2D eigenvalue weighted by Gasteiger charge is -2.13. The molecule has 8 heteroatoms. The van der Waals surface area contributed by atoms with Gasteiger partial charge in [0.25, 0.3) is 11.5 Å². The van der Waals surface area contributed by atoms with E-state index in [0.29, 0.717) is 5.69 Å². The Kier molecular flexibility index (Phi) is 6.16. The van der Waals surface area contributed by atoms with Crippen molar-refractivity contribution in [2.75, 3.05) is 5.32 Å². The number of pyridine rings is 1. The topological polar surface area (TPSA) is 98.0 Å². The molecule has 4 rings (SSSR count). The number of imidazole rings is 1. The molecule has 162 valence electrons. The minimum absolute atomic E-state index is 0.0603. The number of aromatic nitrogens is 3. The van der Waals surface area contributed by atoms with Crippen LogP contribution in [0.2, 0.25) is 0 Å². The first kappa shape index (κ1) is 20.8. The second-order valence-corrected chi connectivity index (χ2v) is 8.00. The standard InChI is InChI=1S/C23H27N5O3/c1-2-11-28-15-24-19-13-17(9-10-20(19)28)25-21(29)14-27-12-5-8-18(23(27)31)22(30)26-16-6-3-4-7-16/h5,8-10,12-13,15-16H,2-4,6-7,11,14H2,1H3,(H,25,29)(H,26,30). The predicted molar refractivity (Wildman–Crippen MR) is 119 cm³/mol. The summed E-state index contributed by atoms with van der Waals surface area (Å²) >= 11 is 0. The van der Waals surface area contributed by atoms with Gasteiger partial charge < -0.3 is 19.8 Å². The minimum atomic E-state index is -0.470. The van der Waals surface area contributed by atoms with E-state index in [0.717, 1.165) is 49.7 Å². The third-order valence-electron chi connectivity index (χ3n) is 5.64. The molecule has 1 aliphatic rings. The van der Waals surface area contributed by atoms with Gasteiger partial charge in [-0.15, -0.1) is 0 Å². The lowest BCUT2D eigenvalue weighted by Crippen LogP contribution is -2.38. The zero-order valence-electron chi connectivity index (χ0n) is 17.6. The van der Waals surface area contributed by atoms with Crippen LogP contribution >= 0.6 is 0 Å². The van der Waals surface area contributed by atoms with E-state index in [9.17, 15) is 14.4 Å². The third-order valence-corrected chi connectivity index (χ3v) is 5.64. The zero-order valence-corrected chi connectivity index (χ0v) is 17.6. The van der Waals surface area contributed by atoms with Crippen molar-refractivity contribution in [1.82, 2.24) is 19.4 Å². The van der Waals surface area contributed by atoms with Crippen LogP contribution in [0.3, 0.4) is 0 Å². The number of amides is 2. The molecule has 1 aliphatic carbocycles. The largest absolute Gasteiger partial charge is 0.349 e. The number of nitrogens with zero attached hydrogens (tertiary/aromatic N) is 3. The number of benzene rings is 1. The normalized spacial score (nSPS) is 14.1. The Bertz CT molecular complexity index is 1160. The van der Waals surface area contributed by atoms with Gasteiger partial charge in [0.05, 0.1) is 17.4 Å². The van der Waals surface area contributed by atoms with Gasteiger partial charge in [-0.1, -0.05) is 19.8 Å². The first-order chi connectivity index (χ1) is 15.0. The highest BCUT2D eigenvalue weighted by Gasteiger charge is 2.20. The van der Waals surface area contributed by atoms with Crippen molar-refractivity contribution in [1.29, 1.82) is 0 Å². The van der Waals surface area contributed by atoms with E-state index in [2.05, 4.69) is 27.1 Å². The summed E-state index contributed by atoms with van der Waals surface area (Å²) in [6.45, 7) is 2.82. The van der Waals surface area contributed by atoms with Gasteiger partial charge in [-0.3, -0.25) is 14.4 Å². The van der Waals surface area contributed by atoms with Gasteiger partial charge in [0.1, 0.15) is 12.1 Å². The SMILES string of the molecule is CCCn1cnc2cc(NC(=O)Cn3cccc(C(=O)NC4CCCC4)c3=O)ccc21. The maximum Gasteiger partial charge on any atom is 0.263 e. The summed E-state index contributed by atoms with van der Waals surface area (Å²) < 4.78 is 3.33. The highest BCUT2D eigenvalue weighted by Crippen LogP contribution is 2.19. The Balaban J connectivity index is 1.44. The second kappa shape index (κ2) is 9.16. The number of anilines is 1. The van der Waals surface area contributed by atoms with E-state index in [4.69, 9.17) is 0 Å². The molecule has 2 amide bonds. The summed E-state index contributed by atoms with van der Waals surface area (Å²) in [6.07, 6.45) is 8.39. The second-order valence-electron chi connectivity index (χ2n) is 8.00. The van der Waals surface area contributed by atoms with E-state index in [1.165, 1.54) is 16.8 Å². The number of carbonyl (C=O) groups excluding carboxylic acids is 2. The van der Waals surface area contributed by atoms with Crippen LogP contribution in [0.15, 0.2) is 47.7 Å². The zero-order chi connectivity index (χ0) is 21.8. The molecule has 1 saturated carbocycles. The van der Waals surface area contributed by atoms with Crippen molar-refractivity contribution in [2.45, 2.75) is 58.2 Å². The van der Waals surface area contributed by atoms with Crippen LogP contribution in [0.1, 0.15) is 49.4 Å². The summed E-state index contributed by atoms with van der Waals surface area (Å²) in [5, 5.41) is 5.73. The first-order valence-corrected chi connectivity index (χ1v) is 10.8. The molecule has 2 aromatic heterocycles. The molecule has 0 saturated heterocycles. The van der Waals surface area contributed by atoms with Gasteiger partial charge >= 0.3 is 0 Å². The van der Waals surface area contributed by atoms with Crippen LogP contribution in [-0.2, 0) is 17.9 Å². The molecule has 0 radical (unpaired) electrons. The molecule has 1 fully saturated rings. The molecule has 3 aromatic rings. The van der Waals surface area contributed by atoms with Gasteiger partial charge in [-0.25, -0.2) is 4.98 Å². The maximum absolute atomic E-state index is 12.7. The van der Waals surface area contributed by atoms with Gasteiger partial charge in [0.15, 0.2) is 0 Å². The molecular formula is C23H27N5O3. The fraction of sp³-hybridized carbons (Fsp3) is 0.391. The van der Waals surface area contributed by atoms with Crippen LogP contribution in [0.25, 0.3) is 11.0 Å². The van der Waals surface area contributed by atoms with E-state index in [1.807, 2.05) is 18.2 Å². The lowest BCUT2D eigenvalue weighted by molar-refractivity contribution is -0.116. The Morgan fingerprint density at radius 2 is 1.97 bits per heavy atom. The average Bonchev–Trinajstić information content (AvgIpc) is 3.40. The molecule has 0 spiro atoms. The van der Waals surface area contributed by atoms with Crippen LogP contribution in [0.4, 0.5) is 5.69 Å². The molecule has 0 unspecified atom stereocenters. The van der Waals surface area contributed by atoms with Crippen LogP contribution in [0, 0.1) is 0 Å². The quantitative estimate of drug-likeness (QED) is 0.613. The van der Waals surface area contributed by atoms with Gasteiger partial charge in [0, 0.05) is 24.5 Å². The molecule has 0 bridgehead atoms.